The van der Waals surface area contributed by atoms with Crippen molar-refractivity contribution in [2.24, 2.45) is 0 Å². The molecule has 1 saturated carbocycles. The van der Waals surface area contributed by atoms with Gasteiger partial charge in [0.15, 0.2) is 11.5 Å². The number of allylic oxidation sites excluding steroid dienone is 2. The average molecular weight is 399 g/mol. The number of ether oxygens (including phenoxy) is 2. The fraction of sp³-hybridized carbons (Fsp3) is 0.450. The minimum Gasteiger partial charge on any atom is -0.454 e. The Morgan fingerprint density at radius 3 is 2.89 bits per heavy atom. The summed E-state index contributed by atoms with van der Waals surface area (Å²) in [4.78, 5) is 14.9. The molecule has 5 rings (SSSR count). The molecule has 146 valence electrons. The second-order valence-corrected chi connectivity index (χ2v) is 8.09. The first-order valence-corrected chi connectivity index (χ1v) is 10.6. The Labute approximate surface area is 167 Å². The summed E-state index contributed by atoms with van der Waals surface area (Å²) in [7, 11) is 0. The fourth-order valence-corrected chi connectivity index (χ4v) is 4.20. The highest BCUT2D eigenvalue weighted by Gasteiger charge is 2.35. The molecule has 0 N–H and O–H groups in total. The fourth-order valence-electron chi connectivity index (χ4n) is 3.58. The zero-order valence-corrected chi connectivity index (χ0v) is 16.2. The maximum atomic E-state index is 12.8. The molecule has 1 amide bonds. The number of carbonyl (C=O) groups is 1. The van der Waals surface area contributed by atoms with E-state index >= 15 is 0 Å². The van der Waals surface area contributed by atoms with Crippen molar-refractivity contribution in [3.63, 3.8) is 0 Å². The van der Waals surface area contributed by atoms with Gasteiger partial charge in [0.05, 0.1) is 5.75 Å². The van der Waals surface area contributed by atoms with Gasteiger partial charge in [-0.25, -0.2) is 0 Å². The van der Waals surface area contributed by atoms with Gasteiger partial charge in [0.2, 0.25) is 18.6 Å². The number of carbonyl (C=O) groups excluding carboxylic acids is 1. The van der Waals surface area contributed by atoms with Crippen LogP contribution in [0.15, 0.2) is 39.6 Å². The number of benzene rings is 1. The van der Waals surface area contributed by atoms with E-state index in [1.54, 1.807) is 0 Å². The Balaban J connectivity index is 1.24. The van der Waals surface area contributed by atoms with E-state index in [9.17, 15) is 4.79 Å². The van der Waals surface area contributed by atoms with Crippen LogP contribution < -0.4 is 9.47 Å². The molecule has 2 aliphatic carbocycles. The summed E-state index contributed by atoms with van der Waals surface area (Å²) in [5.74, 6) is 2.21. The van der Waals surface area contributed by atoms with Crippen LogP contribution in [0, 0.1) is 0 Å². The second kappa shape index (κ2) is 7.50. The van der Waals surface area contributed by atoms with Gasteiger partial charge >= 0.3 is 0 Å². The minimum absolute atomic E-state index is 0.128. The Morgan fingerprint density at radius 2 is 2.07 bits per heavy atom. The molecule has 0 unspecified atom stereocenters. The van der Waals surface area contributed by atoms with E-state index in [1.165, 1.54) is 23.9 Å². The van der Waals surface area contributed by atoms with Crippen LogP contribution in [-0.2, 0) is 4.79 Å². The third kappa shape index (κ3) is 3.61. The average Bonchev–Trinajstić information content (AvgIpc) is 3.25. The molecule has 2 heterocycles. The molecule has 2 aromatic rings. The lowest BCUT2D eigenvalue weighted by Crippen LogP contribution is -2.34. The zero-order chi connectivity index (χ0) is 18.9. The van der Waals surface area contributed by atoms with E-state index in [4.69, 9.17) is 13.9 Å². The lowest BCUT2D eigenvalue weighted by molar-refractivity contribution is -0.127. The molecule has 0 spiro atoms. The number of fused-ring (bicyclic) bond motifs is 1. The zero-order valence-electron chi connectivity index (χ0n) is 15.4. The standard InChI is InChI=1S/C20H21N3O4S/c24-18(23(15-7-8-15)14-4-2-1-3-5-14)11-28-20-22-21-19(27-20)13-6-9-16-17(10-13)26-12-25-16/h4,6,9-10,15H,1-3,5,7-8,11-12H2. The lowest BCUT2D eigenvalue weighted by Gasteiger charge is -2.27. The highest BCUT2D eigenvalue weighted by atomic mass is 32.2. The monoisotopic (exact) mass is 399 g/mol. The quantitative estimate of drug-likeness (QED) is 0.679. The van der Waals surface area contributed by atoms with E-state index in [2.05, 4.69) is 16.3 Å². The lowest BCUT2D eigenvalue weighted by atomic mass is 10.0. The van der Waals surface area contributed by atoms with Gasteiger partial charge in [0.1, 0.15) is 0 Å². The van der Waals surface area contributed by atoms with E-state index in [0.717, 1.165) is 37.7 Å². The number of hydrogen-bond donors (Lipinski definition) is 0. The summed E-state index contributed by atoms with van der Waals surface area (Å²) >= 11 is 1.29. The molecule has 1 aromatic heterocycles. The van der Waals surface area contributed by atoms with Gasteiger partial charge in [0.25, 0.3) is 5.22 Å². The first-order chi connectivity index (χ1) is 13.8. The maximum Gasteiger partial charge on any atom is 0.277 e. The van der Waals surface area contributed by atoms with Gasteiger partial charge in [-0.05, 0) is 56.7 Å². The molecular weight excluding hydrogens is 378 g/mol. The Bertz CT molecular complexity index is 922. The Kier molecular flexibility index (Phi) is 4.72. The molecule has 0 radical (unpaired) electrons. The molecule has 0 saturated heterocycles. The van der Waals surface area contributed by atoms with Gasteiger partial charge in [-0.15, -0.1) is 10.2 Å². The Morgan fingerprint density at radius 1 is 1.18 bits per heavy atom. The SMILES string of the molecule is O=C(CSc1nnc(-c2ccc3c(c2)OCO3)o1)N(C1=CCCCC1)C1CC1. The van der Waals surface area contributed by atoms with Gasteiger partial charge < -0.3 is 18.8 Å². The number of thioether (sulfide) groups is 1. The highest BCUT2D eigenvalue weighted by Crippen LogP contribution is 2.37. The van der Waals surface area contributed by atoms with Crippen molar-refractivity contribution in [1.82, 2.24) is 15.1 Å². The van der Waals surface area contributed by atoms with Crippen LogP contribution in [0.4, 0.5) is 0 Å². The van der Waals surface area contributed by atoms with Crippen LogP contribution in [0.5, 0.6) is 11.5 Å². The highest BCUT2D eigenvalue weighted by molar-refractivity contribution is 7.99. The maximum absolute atomic E-state index is 12.8. The first kappa shape index (κ1) is 17.6. The molecule has 0 bridgehead atoms. The van der Waals surface area contributed by atoms with E-state index in [1.807, 2.05) is 23.1 Å². The molecule has 1 aromatic carbocycles. The van der Waals surface area contributed by atoms with Crippen molar-refractivity contribution in [3.8, 4) is 23.0 Å². The van der Waals surface area contributed by atoms with Crippen LogP contribution in [0.1, 0.15) is 38.5 Å². The van der Waals surface area contributed by atoms with Crippen LogP contribution in [-0.4, -0.2) is 39.6 Å². The molecule has 28 heavy (non-hydrogen) atoms. The number of rotatable bonds is 6. The largest absolute Gasteiger partial charge is 0.454 e. The normalized spacial score (nSPS) is 18.1. The third-order valence-electron chi connectivity index (χ3n) is 5.10. The van der Waals surface area contributed by atoms with Gasteiger partial charge in [0, 0.05) is 17.3 Å². The molecule has 0 atom stereocenters. The summed E-state index contributed by atoms with van der Waals surface area (Å²) in [6, 6.07) is 5.87. The van der Waals surface area contributed by atoms with Crippen molar-refractivity contribution in [2.75, 3.05) is 12.5 Å². The molecular formula is C20H21N3O4S. The van der Waals surface area contributed by atoms with E-state index < -0.39 is 0 Å². The topological polar surface area (TPSA) is 77.7 Å². The third-order valence-corrected chi connectivity index (χ3v) is 5.91. The summed E-state index contributed by atoms with van der Waals surface area (Å²) in [6.07, 6.45) is 8.89. The van der Waals surface area contributed by atoms with E-state index in [-0.39, 0.29) is 12.7 Å². The van der Waals surface area contributed by atoms with Crippen molar-refractivity contribution in [3.05, 3.63) is 30.0 Å². The van der Waals surface area contributed by atoms with Crippen molar-refractivity contribution in [1.29, 1.82) is 0 Å². The number of hydrogen-bond acceptors (Lipinski definition) is 7. The molecule has 3 aliphatic rings. The minimum atomic E-state index is 0.128. The van der Waals surface area contributed by atoms with Crippen LogP contribution in [0.25, 0.3) is 11.5 Å². The van der Waals surface area contributed by atoms with Crippen LogP contribution >= 0.6 is 11.8 Å². The van der Waals surface area contributed by atoms with Crippen molar-refractivity contribution >= 4 is 17.7 Å². The van der Waals surface area contributed by atoms with Crippen LogP contribution in [0.3, 0.4) is 0 Å². The summed E-state index contributed by atoms with van der Waals surface area (Å²) in [6.45, 7) is 0.222. The molecule has 1 fully saturated rings. The predicted octanol–water partition coefficient (Wildman–Crippen LogP) is 4.01. The number of aromatic nitrogens is 2. The number of nitrogens with zero attached hydrogens (tertiary/aromatic N) is 3. The van der Waals surface area contributed by atoms with Crippen molar-refractivity contribution < 1.29 is 18.7 Å². The van der Waals surface area contributed by atoms with Gasteiger partial charge in [-0.1, -0.05) is 17.8 Å². The number of amides is 1. The van der Waals surface area contributed by atoms with Crippen LogP contribution in [0.2, 0.25) is 0 Å². The first-order valence-electron chi connectivity index (χ1n) is 9.65. The second-order valence-electron chi connectivity index (χ2n) is 7.17. The summed E-state index contributed by atoms with van der Waals surface area (Å²) < 4.78 is 16.4. The summed E-state index contributed by atoms with van der Waals surface area (Å²) in [5.41, 5.74) is 1.97. The molecule has 7 nitrogen and oxygen atoms in total. The van der Waals surface area contributed by atoms with Crippen molar-refractivity contribution in [2.45, 2.75) is 49.8 Å². The van der Waals surface area contributed by atoms with E-state index in [0.29, 0.717) is 34.4 Å². The summed E-state index contributed by atoms with van der Waals surface area (Å²) in [5, 5.41) is 8.58. The van der Waals surface area contributed by atoms with Gasteiger partial charge in [-0.2, -0.15) is 0 Å². The predicted molar refractivity (Wildman–Crippen MR) is 103 cm³/mol. The van der Waals surface area contributed by atoms with Gasteiger partial charge in [-0.3, -0.25) is 4.79 Å². The Hall–Kier alpha value is -2.48. The smallest absolute Gasteiger partial charge is 0.277 e. The molecule has 8 heteroatoms. The molecule has 1 aliphatic heterocycles.